The number of halogens is 1. The Balaban J connectivity index is 0.00000450. The second kappa shape index (κ2) is 13.2. The van der Waals surface area contributed by atoms with E-state index in [0.29, 0.717) is 19.0 Å². The lowest BCUT2D eigenvalue weighted by Gasteiger charge is -2.19. The lowest BCUT2D eigenvalue weighted by atomic mass is 10.2. The minimum absolute atomic E-state index is 0. The first-order valence-corrected chi connectivity index (χ1v) is 12.1. The van der Waals surface area contributed by atoms with Crippen LogP contribution in [-0.2, 0) is 16.4 Å². The number of benzene rings is 1. The van der Waals surface area contributed by atoms with Crippen LogP contribution in [0.4, 0.5) is 0 Å². The largest absolute Gasteiger partial charge is 0.497 e. The zero-order chi connectivity index (χ0) is 21.3. The zero-order valence-corrected chi connectivity index (χ0v) is 21.5. The fraction of sp³-hybridized carbons (Fsp3) is 0.650. The molecule has 1 atom stereocenters. The minimum atomic E-state index is -2.94. The first-order chi connectivity index (χ1) is 13.8. The molecule has 10 heteroatoms. The molecule has 0 amide bonds. The van der Waals surface area contributed by atoms with E-state index in [4.69, 9.17) is 9.47 Å². The lowest BCUT2D eigenvalue weighted by molar-refractivity contribution is 0.321. The number of guanidine groups is 1. The Morgan fingerprint density at radius 1 is 1.23 bits per heavy atom. The molecule has 30 heavy (non-hydrogen) atoms. The molecule has 0 aliphatic carbocycles. The number of ether oxygens (including phenoxy) is 2. The van der Waals surface area contributed by atoms with Gasteiger partial charge in [-0.05, 0) is 37.5 Å². The van der Waals surface area contributed by atoms with Gasteiger partial charge in [-0.2, -0.15) is 0 Å². The van der Waals surface area contributed by atoms with Gasteiger partial charge in [0.15, 0.2) is 5.96 Å². The molecule has 1 aliphatic heterocycles. The molecule has 1 aromatic carbocycles. The van der Waals surface area contributed by atoms with Gasteiger partial charge in [0.2, 0.25) is 0 Å². The van der Waals surface area contributed by atoms with Gasteiger partial charge in [-0.3, -0.25) is 9.89 Å². The molecule has 0 aromatic heterocycles. The van der Waals surface area contributed by atoms with Crippen LogP contribution in [0.1, 0.15) is 25.3 Å². The van der Waals surface area contributed by atoms with Crippen LogP contribution in [0.15, 0.2) is 23.2 Å². The molecular formula is C20H35IN4O4S. The lowest BCUT2D eigenvalue weighted by Crippen LogP contribution is -2.44. The van der Waals surface area contributed by atoms with Crippen LogP contribution in [-0.4, -0.2) is 77.7 Å². The third-order valence-corrected chi connectivity index (χ3v) is 5.75. The van der Waals surface area contributed by atoms with E-state index in [0.717, 1.165) is 55.6 Å². The summed E-state index contributed by atoms with van der Waals surface area (Å²) in [4.78, 5) is 6.90. The molecular weight excluding hydrogens is 519 g/mol. The average molecular weight is 554 g/mol. The molecule has 2 rings (SSSR count). The van der Waals surface area contributed by atoms with Crippen LogP contribution >= 0.6 is 24.0 Å². The number of hydrogen-bond acceptors (Lipinski definition) is 6. The van der Waals surface area contributed by atoms with Gasteiger partial charge in [-0.25, -0.2) is 8.42 Å². The first kappa shape index (κ1) is 26.8. The highest BCUT2D eigenvalue weighted by Crippen LogP contribution is 2.24. The topological polar surface area (TPSA) is 92.3 Å². The second-order valence-electron chi connectivity index (χ2n) is 7.33. The van der Waals surface area contributed by atoms with Crippen LogP contribution in [0.3, 0.4) is 0 Å². The fourth-order valence-electron chi connectivity index (χ4n) is 3.34. The molecule has 1 saturated heterocycles. The molecule has 1 aliphatic rings. The van der Waals surface area contributed by atoms with E-state index < -0.39 is 9.84 Å². The number of rotatable bonds is 10. The zero-order valence-electron chi connectivity index (χ0n) is 18.3. The predicted molar refractivity (Wildman–Crippen MR) is 132 cm³/mol. The summed E-state index contributed by atoms with van der Waals surface area (Å²) in [7, 11) is 0.379. The van der Waals surface area contributed by atoms with Crippen LogP contribution in [0.25, 0.3) is 0 Å². The van der Waals surface area contributed by atoms with Crippen LogP contribution in [0.5, 0.6) is 11.5 Å². The van der Waals surface area contributed by atoms with Crippen LogP contribution in [0.2, 0.25) is 0 Å². The smallest absolute Gasteiger partial charge is 0.191 e. The Bertz CT molecular complexity index is 767. The van der Waals surface area contributed by atoms with E-state index in [1.165, 1.54) is 6.26 Å². The van der Waals surface area contributed by atoms with E-state index in [1.807, 2.05) is 25.1 Å². The van der Waals surface area contributed by atoms with Crippen molar-refractivity contribution in [1.82, 2.24) is 15.5 Å². The molecule has 1 fully saturated rings. The summed E-state index contributed by atoms with van der Waals surface area (Å²) in [5.41, 5.74) is 1.16. The second-order valence-corrected chi connectivity index (χ2v) is 9.59. The number of aliphatic imine (C=N–C) groups is 1. The van der Waals surface area contributed by atoms with Gasteiger partial charge < -0.3 is 20.1 Å². The van der Waals surface area contributed by atoms with E-state index in [-0.39, 0.29) is 29.7 Å². The van der Waals surface area contributed by atoms with Gasteiger partial charge >= 0.3 is 0 Å². The van der Waals surface area contributed by atoms with Crippen molar-refractivity contribution in [2.24, 2.45) is 4.99 Å². The quantitative estimate of drug-likeness (QED) is 0.198. The summed E-state index contributed by atoms with van der Waals surface area (Å²) in [6, 6.07) is 6.25. The minimum Gasteiger partial charge on any atom is -0.497 e. The monoisotopic (exact) mass is 554 g/mol. The van der Waals surface area contributed by atoms with Crippen molar-refractivity contribution in [2.45, 2.75) is 32.4 Å². The molecule has 1 unspecified atom stereocenters. The summed E-state index contributed by atoms with van der Waals surface area (Å²) < 4.78 is 33.2. The summed E-state index contributed by atoms with van der Waals surface area (Å²) in [6.45, 7) is 6.00. The Hall–Kier alpha value is -1.27. The predicted octanol–water partition coefficient (Wildman–Crippen LogP) is 1.89. The molecule has 0 saturated carbocycles. The van der Waals surface area contributed by atoms with E-state index in [2.05, 4.69) is 20.5 Å². The highest BCUT2D eigenvalue weighted by molar-refractivity contribution is 14.0. The molecule has 172 valence electrons. The summed E-state index contributed by atoms with van der Waals surface area (Å²) >= 11 is 0. The molecule has 8 nitrogen and oxygen atoms in total. The summed E-state index contributed by atoms with van der Waals surface area (Å²) in [5.74, 6) is 2.50. The Morgan fingerprint density at radius 3 is 2.47 bits per heavy atom. The van der Waals surface area contributed by atoms with E-state index in [1.54, 1.807) is 14.2 Å². The van der Waals surface area contributed by atoms with Gasteiger partial charge in [-0.15, -0.1) is 24.0 Å². The van der Waals surface area contributed by atoms with Crippen molar-refractivity contribution in [1.29, 1.82) is 0 Å². The van der Waals surface area contributed by atoms with Gasteiger partial charge in [0.05, 0.1) is 20.0 Å². The summed E-state index contributed by atoms with van der Waals surface area (Å²) in [5, 5.41) is 6.71. The maximum atomic E-state index is 11.2. The van der Waals surface area contributed by atoms with Gasteiger partial charge in [0.25, 0.3) is 0 Å². The molecule has 1 aromatic rings. The third kappa shape index (κ3) is 9.69. The maximum Gasteiger partial charge on any atom is 0.191 e. The average Bonchev–Trinajstić information content (AvgIpc) is 3.10. The fourth-order valence-corrected chi connectivity index (χ4v) is 3.99. The van der Waals surface area contributed by atoms with Crippen LogP contribution in [0, 0.1) is 0 Å². The highest BCUT2D eigenvalue weighted by Gasteiger charge is 2.23. The van der Waals surface area contributed by atoms with Crippen molar-refractivity contribution < 1.29 is 17.9 Å². The Kier molecular flexibility index (Phi) is 11.8. The molecule has 0 bridgehead atoms. The molecule has 1 heterocycles. The van der Waals surface area contributed by atoms with Crippen molar-refractivity contribution in [3.63, 3.8) is 0 Å². The SMILES string of the molecule is CCNC(=NCCCS(C)(=O)=O)NC1CCN(Cc2cc(OC)cc(OC)c2)C1.I. The third-order valence-electron chi connectivity index (χ3n) is 4.72. The maximum absolute atomic E-state index is 11.2. The normalized spacial score (nSPS) is 17.3. The van der Waals surface area contributed by atoms with Gasteiger partial charge in [0, 0.05) is 51.1 Å². The number of nitrogens with zero attached hydrogens (tertiary/aromatic N) is 2. The van der Waals surface area contributed by atoms with Gasteiger partial charge in [0.1, 0.15) is 21.3 Å². The van der Waals surface area contributed by atoms with Gasteiger partial charge in [-0.1, -0.05) is 0 Å². The number of sulfone groups is 1. The van der Waals surface area contributed by atoms with Crippen LogP contribution < -0.4 is 20.1 Å². The molecule has 0 spiro atoms. The van der Waals surface area contributed by atoms with E-state index in [9.17, 15) is 8.42 Å². The number of nitrogens with one attached hydrogen (secondary N) is 2. The number of likely N-dealkylation sites (tertiary alicyclic amines) is 1. The number of methoxy groups -OCH3 is 2. The highest BCUT2D eigenvalue weighted by atomic mass is 127. The number of hydrogen-bond donors (Lipinski definition) is 2. The van der Waals surface area contributed by atoms with Crippen molar-refractivity contribution in [3.05, 3.63) is 23.8 Å². The first-order valence-electron chi connectivity index (χ1n) is 9.99. The van der Waals surface area contributed by atoms with E-state index >= 15 is 0 Å². The standard InChI is InChI=1S/C20H34N4O4S.HI/c1-5-21-20(22-8-6-10-29(4,25)26)23-17-7-9-24(15-17)14-16-11-18(27-2)13-19(12-16)28-3;/h11-13,17H,5-10,14-15H2,1-4H3,(H2,21,22,23);1H. The Morgan fingerprint density at radius 2 is 1.90 bits per heavy atom. The molecule has 2 N–H and O–H groups in total. The van der Waals surface area contributed by atoms with Crippen molar-refractivity contribution >= 4 is 39.8 Å². The molecule has 0 radical (unpaired) electrons. The van der Waals surface area contributed by atoms with Crippen molar-refractivity contribution in [2.75, 3.05) is 52.4 Å². The Labute approximate surface area is 197 Å². The van der Waals surface area contributed by atoms with Crippen molar-refractivity contribution in [3.8, 4) is 11.5 Å². The summed E-state index contributed by atoms with van der Waals surface area (Å²) in [6.07, 6.45) is 2.81.